The van der Waals surface area contributed by atoms with E-state index in [2.05, 4.69) is 25.2 Å². The summed E-state index contributed by atoms with van der Waals surface area (Å²) in [5, 5.41) is 7.32. The second-order valence-corrected chi connectivity index (χ2v) is 3.95. The number of fused-ring (bicyclic) bond motifs is 1. The summed E-state index contributed by atoms with van der Waals surface area (Å²) < 4.78 is 6.67. The van der Waals surface area contributed by atoms with Crippen LogP contribution < -0.4 is 10.1 Å². The zero-order valence-electron chi connectivity index (χ0n) is 10.6. The van der Waals surface area contributed by atoms with E-state index in [-0.39, 0.29) is 5.82 Å². The highest BCUT2D eigenvalue weighted by molar-refractivity contribution is 5.57. The van der Waals surface area contributed by atoms with Crippen LogP contribution in [0.15, 0.2) is 36.7 Å². The maximum Gasteiger partial charge on any atom is 0.288 e. The fourth-order valence-electron chi connectivity index (χ4n) is 1.73. The molecule has 0 aliphatic heterocycles. The van der Waals surface area contributed by atoms with E-state index in [0.29, 0.717) is 11.6 Å². The van der Waals surface area contributed by atoms with Crippen LogP contribution >= 0.6 is 0 Å². The lowest BCUT2D eigenvalue weighted by Gasteiger charge is -2.03. The summed E-state index contributed by atoms with van der Waals surface area (Å²) in [5.74, 6) is 1.45. The van der Waals surface area contributed by atoms with Gasteiger partial charge < -0.3 is 14.9 Å². The Bertz CT molecular complexity index is 804. The first-order valence-electron chi connectivity index (χ1n) is 5.79. The lowest BCUT2D eigenvalue weighted by atomic mass is 10.3. The molecule has 98 valence electrons. The second kappa shape index (κ2) is 4.85. The van der Waals surface area contributed by atoms with E-state index in [9.17, 15) is 0 Å². The molecule has 0 spiro atoms. The van der Waals surface area contributed by atoms with Crippen LogP contribution in [0, 0.1) is 6.57 Å². The van der Waals surface area contributed by atoms with Gasteiger partial charge in [-0.1, -0.05) is 12.6 Å². The normalized spacial score (nSPS) is 10.2. The molecule has 0 saturated heterocycles. The van der Waals surface area contributed by atoms with Crippen LogP contribution in [0.2, 0.25) is 0 Å². The minimum absolute atomic E-state index is 0.273. The van der Waals surface area contributed by atoms with Crippen LogP contribution in [0.1, 0.15) is 0 Å². The van der Waals surface area contributed by atoms with Crippen molar-refractivity contribution in [2.75, 3.05) is 12.4 Å². The molecule has 1 N–H and O–H groups in total. The number of nitrogens with zero attached hydrogens (tertiary/aromatic N) is 5. The molecule has 0 amide bonds. The van der Waals surface area contributed by atoms with Crippen LogP contribution in [-0.2, 0) is 0 Å². The van der Waals surface area contributed by atoms with E-state index >= 15 is 0 Å². The molecule has 3 aromatic rings. The first-order valence-corrected chi connectivity index (χ1v) is 5.79. The van der Waals surface area contributed by atoms with E-state index in [1.54, 1.807) is 7.11 Å². The van der Waals surface area contributed by atoms with Crippen molar-refractivity contribution in [3.8, 4) is 5.75 Å². The Hall–Kier alpha value is -3.14. The van der Waals surface area contributed by atoms with Crippen molar-refractivity contribution in [2.45, 2.75) is 0 Å². The number of aromatic nitrogens is 4. The Morgan fingerprint density at radius 3 is 3.10 bits per heavy atom. The van der Waals surface area contributed by atoms with Gasteiger partial charge in [-0.15, -0.1) is 10.1 Å². The van der Waals surface area contributed by atoms with E-state index in [1.165, 1.54) is 16.9 Å². The maximum absolute atomic E-state index is 6.92. The third kappa shape index (κ3) is 2.22. The summed E-state index contributed by atoms with van der Waals surface area (Å²) >= 11 is 0. The Balaban J connectivity index is 1.92. The van der Waals surface area contributed by atoms with Gasteiger partial charge in [-0.25, -0.2) is 4.52 Å². The molecule has 0 bridgehead atoms. The second-order valence-electron chi connectivity index (χ2n) is 3.95. The summed E-state index contributed by atoms with van der Waals surface area (Å²) in [7, 11) is 1.61. The molecule has 0 aliphatic carbocycles. The quantitative estimate of drug-likeness (QED) is 0.737. The minimum Gasteiger partial charge on any atom is -0.497 e. The van der Waals surface area contributed by atoms with Crippen LogP contribution in [0.5, 0.6) is 5.75 Å². The summed E-state index contributed by atoms with van der Waals surface area (Å²) in [4.78, 5) is 11.5. The summed E-state index contributed by atoms with van der Waals surface area (Å²) in [6.07, 6.45) is 3.04. The molecule has 1 aromatic carbocycles. The number of rotatable bonds is 3. The van der Waals surface area contributed by atoms with Crippen molar-refractivity contribution in [2.24, 2.45) is 0 Å². The maximum atomic E-state index is 6.92. The third-order valence-corrected chi connectivity index (χ3v) is 2.65. The van der Waals surface area contributed by atoms with Gasteiger partial charge >= 0.3 is 0 Å². The lowest BCUT2D eigenvalue weighted by molar-refractivity contribution is 0.415. The molecule has 0 radical (unpaired) electrons. The van der Waals surface area contributed by atoms with Gasteiger partial charge in [-0.05, 0) is 12.1 Å². The first-order chi connectivity index (χ1) is 9.78. The molecule has 7 nitrogen and oxygen atoms in total. The van der Waals surface area contributed by atoms with Crippen molar-refractivity contribution >= 4 is 23.1 Å². The molecule has 3 rings (SSSR count). The van der Waals surface area contributed by atoms with E-state index in [4.69, 9.17) is 11.3 Å². The van der Waals surface area contributed by atoms with E-state index < -0.39 is 0 Å². The zero-order chi connectivity index (χ0) is 13.9. The summed E-state index contributed by atoms with van der Waals surface area (Å²) in [6, 6.07) is 7.45. The number of ether oxygens (including phenoxy) is 1. The summed E-state index contributed by atoms with van der Waals surface area (Å²) in [6.45, 7) is 6.92. The van der Waals surface area contributed by atoms with Crippen molar-refractivity contribution in [1.82, 2.24) is 19.6 Å². The van der Waals surface area contributed by atoms with Crippen molar-refractivity contribution in [1.29, 1.82) is 0 Å². The minimum atomic E-state index is 0.273. The number of methoxy groups -OCH3 is 1. The zero-order valence-corrected chi connectivity index (χ0v) is 10.6. The molecule has 0 saturated carbocycles. The Kier molecular flexibility index (Phi) is 2.89. The fraction of sp³-hybridized carbons (Fsp3) is 0.0769. The van der Waals surface area contributed by atoms with Gasteiger partial charge in [0, 0.05) is 11.8 Å². The van der Waals surface area contributed by atoms with Crippen molar-refractivity contribution < 1.29 is 4.74 Å². The molecule has 20 heavy (non-hydrogen) atoms. The van der Waals surface area contributed by atoms with Crippen LogP contribution in [-0.4, -0.2) is 26.7 Å². The highest BCUT2D eigenvalue weighted by atomic mass is 16.5. The monoisotopic (exact) mass is 266 g/mol. The number of benzene rings is 1. The standard InChI is InChI=1S/C13H10N6O/c1-14-11-8-19-12(7-15-11)17-13(18-19)16-9-4-3-5-10(6-9)20-2/h3-8H,2H3,(H,16,18). The highest BCUT2D eigenvalue weighted by Crippen LogP contribution is 2.20. The van der Waals surface area contributed by atoms with Crippen LogP contribution in [0.25, 0.3) is 10.5 Å². The number of anilines is 2. The largest absolute Gasteiger partial charge is 0.497 e. The average Bonchev–Trinajstić information content (AvgIpc) is 2.88. The molecule has 7 heteroatoms. The van der Waals surface area contributed by atoms with E-state index in [1.807, 2.05) is 24.3 Å². The number of hydrogen-bond donors (Lipinski definition) is 1. The van der Waals surface area contributed by atoms with Crippen molar-refractivity contribution in [3.63, 3.8) is 0 Å². The molecule has 0 aliphatic rings. The first kappa shape index (κ1) is 11.9. The van der Waals surface area contributed by atoms with E-state index in [0.717, 1.165) is 11.4 Å². The predicted molar refractivity (Wildman–Crippen MR) is 73.3 cm³/mol. The molecule has 2 heterocycles. The molecule has 0 unspecified atom stereocenters. The predicted octanol–water partition coefficient (Wildman–Crippen LogP) is 2.43. The molecule has 0 fully saturated rings. The topological polar surface area (TPSA) is 68.7 Å². The van der Waals surface area contributed by atoms with Gasteiger partial charge in [0.25, 0.3) is 5.82 Å². The van der Waals surface area contributed by atoms with Gasteiger partial charge in [-0.2, -0.15) is 4.98 Å². The molecular weight excluding hydrogens is 256 g/mol. The van der Waals surface area contributed by atoms with Gasteiger partial charge in [-0.3, -0.25) is 0 Å². The van der Waals surface area contributed by atoms with Crippen molar-refractivity contribution in [3.05, 3.63) is 48.1 Å². The third-order valence-electron chi connectivity index (χ3n) is 2.65. The Morgan fingerprint density at radius 1 is 1.40 bits per heavy atom. The fourth-order valence-corrected chi connectivity index (χ4v) is 1.73. The van der Waals surface area contributed by atoms with Crippen LogP contribution in [0.4, 0.5) is 17.5 Å². The lowest BCUT2D eigenvalue weighted by Crippen LogP contribution is -1.93. The molecule has 0 atom stereocenters. The number of nitrogens with one attached hydrogen (secondary N) is 1. The molecule has 2 aromatic heterocycles. The SMILES string of the molecule is [C-]#[N+]c1cn2nc(Nc3cccc(OC)c3)nc2cn1. The molecular formula is C13H10N6O. The van der Waals surface area contributed by atoms with Gasteiger partial charge in [0.2, 0.25) is 5.95 Å². The highest BCUT2D eigenvalue weighted by Gasteiger charge is 2.06. The number of hydrogen-bond acceptors (Lipinski definition) is 5. The Labute approximate surface area is 114 Å². The van der Waals surface area contributed by atoms with Gasteiger partial charge in [0.1, 0.15) is 5.75 Å². The summed E-state index contributed by atoms with van der Waals surface area (Å²) in [5.41, 5.74) is 1.39. The van der Waals surface area contributed by atoms with Crippen LogP contribution in [0.3, 0.4) is 0 Å². The van der Waals surface area contributed by atoms with Gasteiger partial charge in [0.05, 0.1) is 13.3 Å². The Morgan fingerprint density at radius 2 is 2.30 bits per heavy atom. The van der Waals surface area contributed by atoms with Gasteiger partial charge in [0.15, 0.2) is 11.8 Å². The smallest absolute Gasteiger partial charge is 0.288 e. The average molecular weight is 266 g/mol.